The molecule has 0 aliphatic carbocycles. The maximum absolute atomic E-state index is 8.54. The van der Waals surface area contributed by atoms with E-state index in [-0.39, 0.29) is 0 Å². The minimum atomic E-state index is 0.359. The molecule has 0 aliphatic heterocycles. The van der Waals surface area contributed by atoms with Gasteiger partial charge in [0.05, 0.1) is 11.8 Å². The van der Waals surface area contributed by atoms with Crippen molar-refractivity contribution in [1.29, 1.82) is 5.26 Å². The third kappa shape index (κ3) is 0.963. The van der Waals surface area contributed by atoms with Gasteiger partial charge in [-0.05, 0) is 12.2 Å². The standard InChI is InChI=1S/C6H3N5S/c7-1-4-2-8-5-9-6(12)10-11(5)3-4/h2-3H,(H,10,12). The van der Waals surface area contributed by atoms with Crippen molar-refractivity contribution in [3.8, 4) is 6.07 Å². The summed E-state index contributed by atoms with van der Waals surface area (Å²) in [5.41, 5.74) is 0.464. The molecule has 2 aromatic rings. The van der Waals surface area contributed by atoms with Crippen molar-refractivity contribution in [3.63, 3.8) is 0 Å². The number of nitrogens with one attached hydrogen (secondary N) is 1. The predicted molar refractivity (Wildman–Crippen MR) is 42.9 cm³/mol. The zero-order valence-corrected chi connectivity index (χ0v) is 6.67. The van der Waals surface area contributed by atoms with Gasteiger partial charge in [0.2, 0.25) is 4.77 Å². The summed E-state index contributed by atoms with van der Waals surface area (Å²) in [6, 6.07) is 1.96. The molecule has 0 radical (unpaired) electrons. The summed E-state index contributed by atoms with van der Waals surface area (Å²) < 4.78 is 1.87. The summed E-state index contributed by atoms with van der Waals surface area (Å²) >= 11 is 4.78. The average Bonchev–Trinajstić information content (AvgIpc) is 2.43. The second-order valence-electron chi connectivity index (χ2n) is 2.15. The van der Waals surface area contributed by atoms with Crippen LogP contribution in [0.1, 0.15) is 5.56 Å². The van der Waals surface area contributed by atoms with Gasteiger partial charge in [-0.1, -0.05) is 0 Å². The number of nitriles is 1. The summed E-state index contributed by atoms with van der Waals surface area (Å²) in [5, 5.41) is 11.3. The lowest BCUT2D eigenvalue weighted by atomic mass is 10.4. The molecule has 0 fully saturated rings. The lowest BCUT2D eigenvalue weighted by Gasteiger charge is -1.89. The molecular formula is C6H3N5S. The van der Waals surface area contributed by atoms with Crippen LogP contribution in [0, 0.1) is 16.1 Å². The lowest BCUT2D eigenvalue weighted by Crippen LogP contribution is -1.91. The molecule has 0 amide bonds. The fourth-order valence-electron chi connectivity index (χ4n) is 0.861. The van der Waals surface area contributed by atoms with Crippen LogP contribution in [0.2, 0.25) is 0 Å². The van der Waals surface area contributed by atoms with Gasteiger partial charge in [0, 0.05) is 6.20 Å². The predicted octanol–water partition coefficient (Wildman–Crippen LogP) is 0.659. The normalized spacial score (nSPS) is 9.92. The van der Waals surface area contributed by atoms with Gasteiger partial charge in [-0.15, -0.1) is 0 Å². The monoisotopic (exact) mass is 177 g/mol. The van der Waals surface area contributed by atoms with Crippen LogP contribution in [0.5, 0.6) is 0 Å². The molecule has 0 aromatic carbocycles. The topological polar surface area (TPSA) is 69.8 Å². The van der Waals surface area contributed by atoms with Crippen LogP contribution < -0.4 is 0 Å². The Morgan fingerprint density at radius 1 is 1.67 bits per heavy atom. The maximum Gasteiger partial charge on any atom is 0.251 e. The van der Waals surface area contributed by atoms with Crippen LogP contribution in [-0.2, 0) is 0 Å². The Labute approximate surface area is 72.3 Å². The molecule has 6 heteroatoms. The molecule has 0 bridgehead atoms. The fourth-order valence-corrected chi connectivity index (χ4v) is 1.04. The summed E-state index contributed by atoms with van der Waals surface area (Å²) in [5.74, 6) is 0.471. The number of aromatic nitrogens is 4. The molecule has 0 saturated carbocycles. The van der Waals surface area contributed by atoms with E-state index >= 15 is 0 Å². The number of fused-ring (bicyclic) bond motifs is 1. The molecule has 2 aromatic heterocycles. The van der Waals surface area contributed by atoms with E-state index in [1.807, 2.05) is 6.07 Å². The first kappa shape index (κ1) is 6.94. The smallest absolute Gasteiger partial charge is 0.251 e. The molecule has 58 valence electrons. The van der Waals surface area contributed by atoms with E-state index in [1.54, 1.807) is 6.20 Å². The van der Waals surface area contributed by atoms with Crippen molar-refractivity contribution in [2.45, 2.75) is 0 Å². The van der Waals surface area contributed by atoms with Gasteiger partial charge in [0.1, 0.15) is 6.07 Å². The Bertz CT molecular complexity index is 516. The zero-order chi connectivity index (χ0) is 8.55. The van der Waals surface area contributed by atoms with Gasteiger partial charge >= 0.3 is 0 Å². The molecule has 0 aliphatic rings. The van der Waals surface area contributed by atoms with Gasteiger partial charge in [-0.2, -0.15) is 10.2 Å². The second kappa shape index (κ2) is 2.39. The van der Waals surface area contributed by atoms with Gasteiger partial charge in [-0.25, -0.2) is 9.50 Å². The van der Waals surface area contributed by atoms with Crippen molar-refractivity contribution < 1.29 is 0 Å². The summed E-state index contributed by atoms with van der Waals surface area (Å²) in [6.45, 7) is 0. The van der Waals surface area contributed by atoms with Crippen molar-refractivity contribution in [2.24, 2.45) is 0 Å². The van der Waals surface area contributed by atoms with Gasteiger partial charge < -0.3 is 0 Å². The van der Waals surface area contributed by atoms with E-state index in [2.05, 4.69) is 15.1 Å². The minimum Gasteiger partial charge on any atom is -0.265 e. The van der Waals surface area contributed by atoms with Crippen molar-refractivity contribution in [2.75, 3.05) is 0 Å². The fraction of sp³-hybridized carbons (Fsp3) is 0. The third-order valence-electron chi connectivity index (χ3n) is 1.35. The van der Waals surface area contributed by atoms with Crippen LogP contribution in [0.4, 0.5) is 0 Å². The van der Waals surface area contributed by atoms with Gasteiger partial charge in [0.25, 0.3) is 5.78 Å². The quantitative estimate of drug-likeness (QED) is 0.600. The first-order valence-electron chi connectivity index (χ1n) is 3.14. The van der Waals surface area contributed by atoms with E-state index in [9.17, 15) is 0 Å². The van der Waals surface area contributed by atoms with E-state index in [1.165, 1.54) is 10.7 Å². The first-order valence-corrected chi connectivity index (χ1v) is 3.55. The van der Waals surface area contributed by atoms with E-state index in [4.69, 9.17) is 17.5 Å². The van der Waals surface area contributed by atoms with Crippen LogP contribution in [-0.4, -0.2) is 19.6 Å². The molecule has 12 heavy (non-hydrogen) atoms. The highest BCUT2D eigenvalue weighted by molar-refractivity contribution is 7.71. The van der Waals surface area contributed by atoms with Crippen molar-refractivity contribution >= 4 is 18.0 Å². The first-order chi connectivity index (χ1) is 5.79. The lowest BCUT2D eigenvalue weighted by molar-refractivity contribution is 0.928. The summed E-state index contributed by atoms with van der Waals surface area (Å²) in [7, 11) is 0. The molecule has 0 unspecified atom stereocenters. The maximum atomic E-state index is 8.54. The van der Waals surface area contributed by atoms with Crippen molar-refractivity contribution in [1.82, 2.24) is 19.6 Å². The summed E-state index contributed by atoms with van der Waals surface area (Å²) in [6.07, 6.45) is 3.04. The molecular weight excluding hydrogens is 174 g/mol. The number of hydrogen-bond acceptors (Lipinski definition) is 4. The number of H-pyrrole nitrogens is 1. The molecule has 2 rings (SSSR count). The molecule has 0 atom stereocenters. The molecule has 0 saturated heterocycles. The average molecular weight is 177 g/mol. The highest BCUT2D eigenvalue weighted by Crippen LogP contribution is 1.97. The number of aromatic amines is 1. The van der Waals surface area contributed by atoms with Crippen molar-refractivity contribution in [3.05, 3.63) is 22.7 Å². The van der Waals surface area contributed by atoms with Gasteiger partial charge in [-0.3, -0.25) is 5.10 Å². The highest BCUT2D eigenvalue weighted by Gasteiger charge is 1.97. The Morgan fingerprint density at radius 2 is 2.50 bits per heavy atom. The van der Waals surface area contributed by atoms with Gasteiger partial charge in [0.15, 0.2) is 0 Å². The van der Waals surface area contributed by atoms with E-state index < -0.39 is 0 Å². The Balaban J connectivity index is 2.85. The van der Waals surface area contributed by atoms with Crippen LogP contribution >= 0.6 is 12.2 Å². The third-order valence-corrected chi connectivity index (χ3v) is 1.53. The van der Waals surface area contributed by atoms with E-state index in [0.717, 1.165) is 0 Å². The highest BCUT2D eigenvalue weighted by atomic mass is 32.1. The zero-order valence-electron chi connectivity index (χ0n) is 5.85. The Morgan fingerprint density at radius 3 is 3.25 bits per heavy atom. The Hall–Kier alpha value is -1.74. The van der Waals surface area contributed by atoms with Crippen LogP contribution in [0.3, 0.4) is 0 Å². The summed E-state index contributed by atoms with van der Waals surface area (Å²) in [4.78, 5) is 7.79. The van der Waals surface area contributed by atoms with Crippen LogP contribution in [0.15, 0.2) is 12.4 Å². The van der Waals surface area contributed by atoms with Crippen LogP contribution in [0.25, 0.3) is 5.78 Å². The SMILES string of the molecule is N#Cc1cnc2nc(=S)[nH]n2c1. The molecule has 0 spiro atoms. The minimum absolute atomic E-state index is 0.359. The number of hydrogen-bond donors (Lipinski definition) is 1. The molecule has 5 nitrogen and oxygen atoms in total. The number of nitrogens with zero attached hydrogens (tertiary/aromatic N) is 4. The molecule has 1 N–H and O–H groups in total. The number of rotatable bonds is 0. The van der Waals surface area contributed by atoms with E-state index in [0.29, 0.717) is 16.1 Å². The second-order valence-corrected chi connectivity index (χ2v) is 2.54. The molecule has 2 heterocycles. The Kier molecular flexibility index (Phi) is 1.38. The largest absolute Gasteiger partial charge is 0.265 e.